The van der Waals surface area contributed by atoms with Gasteiger partial charge in [-0.15, -0.1) is 0 Å². The smallest absolute Gasteiger partial charge is 0.125 e. The van der Waals surface area contributed by atoms with Gasteiger partial charge in [0.15, 0.2) is 0 Å². The third-order valence-electron chi connectivity index (χ3n) is 2.22. The zero-order valence-electron chi connectivity index (χ0n) is 10.1. The van der Waals surface area contributed by atoms with Crippen LogP contribution in [0.4, 0.5) is 0 Å². The van der Waals surface area contributed by atoms with Crippen LogP contribution in [0.1, 0.15) is 5.56 Å². The first-order valence-corrected chi connectivity index (χ1v) is 5.22. The standard InChI is InChI=1S/C12H19N3O/c1-15(2)9-8-14-12(13)10-4-6-11(16-3)7-5-10/h4-7H,8-9H2,1-3H3,(H2,13,14). The third-order valence-corrected chi connectivity index (χ3v) is 2.22. The van der Waals surface area contributed by atoms with Crippen LogP contribution in [0.5, 0.6) is 5.75 Å². The summed E-state index contributed by atoms with van der Waals surface area (Å²) in [6, 6.07) is 7.58. The highest BCUT2D eigenvalue weighted by Gasteiger charge is 1.98. The second kappa shape index (κ2) is 6.12. The topological polar surface area (TPSA) is 50.9 Å². The molecule has 0 amide bonds. The van der Waals surface area contributed by atoms with Crippen LogP contribution < -0.4 is 10.5 Å². The average molecular weight is 221 g/mol. The molecular weight excluding hydrogens is 202 g/mol. The lowest BCUT2D eigenvalue weighted by Crippen LogP contribution is -2.19. The van der Waals surface area contributed by atoms with Crippen molar-refractivity contribution in [2.75, 3.05) is 34.3 Å². The highest BCUT2D eigenvalue weighted by Crippen LogP contribution is 2.10. The van der Waals surface area contributed by atoms with Gasteiger partial charge >= 0.3 is 0 Å². The average Bonchev–Trinajstić information content (AvgIpc) is 2.28. The Morgan fingerprint density at radius 2 is 1.94 bits per heavy atom. The summed E-state index contributed by atoms with van der Waals surface area (Å²) in [6.45, 7) is 1.61. The largest absolute Gasteiger partial charge is 0.497 e. The summed E-state index contributed by atoms with van der Waals surface area (Å²) in [5.41, 5.74) is 6.79. The van der Waals surface area contributed by atoms with Crippen LogP contribution in [0.2, 0.25) is 0 Å². The van der Waals surface area contributed by atoms with Crippen LogP contribution in [0.15, 0.2) is 29.3 Å². The van der Waals surface area contributed by atoms with E-state index >= 15 is 0 Å². The molecule has 1 aromatic carbocycles. The monoisotopic (exact) mass is 221 g/mol. The van der Waals surface area contributed by atoms with E-state index in [-0.39, 0.29) is 0 Å². The van der Waals surface area contributed by atoms with E-state index in [0.29, 0.717) is 12.4 Å². The Labute approximate surface area is 96.7 Å². The van der Waals surface area contributed by atoms with Crippen LogP contribution in [-0.4, -0.2) is 45.0 Å². The lowest BCUT2D eigenvalue weighted by molar-refractivity contribution is 0.415. The summed E-state index contributed by atoms with van der Waals surface area (Å²) in [7, 11) is 5.67. The van der Waals surface area contributed by atoms with Crippen molar-refractivity contribution in [1.29, 1.82) is 0 Å². The normalized spacial score (nSPS) is 11.9. The van der Waals surface area contributed by atoms with Gasteiger partial charge < -0.3 is 15.4 Å². The number of amidine groups is 1. The molecule has 0 aliphatic heterocycles. The second-order valence-electron chi connectivity index (χ2n) is 3.80. The van der Waals surface area contributed by atoms with E-state index in [1.807, 2.05) is 38.4 Å². The fourth-order valence-electron chi connectivity index (χ4n) is 1.22. The van der Waals surface area contributed by atoms with Crippen LogP contribution in [0.25, 0.3) is 0 Å². The zero-order valence-corrected chi connectivity index (χ0v) is 10.1. The van der Waals surface area contributed by atoms with Gasteiger partial charge in [-0.25, -0.2) is 0 Å². The van der Waals surface area contributed by atoms with Gasteiger partial charge in [-0.1, -0.05) is 0 Å². The maximum absolute atomic E-state index is 5.86. The SMILES string of the molecule is COc1ccc(C(N)=NCCN(C)C)cc1. The molecule has 88 valence electrons. The maximum atomic E-state index is 5.86. The van der Waals surface area contributed by atoms with Crippen molar-refractivity contribution >= 4 is 5.84 Å². The number of hydrogen-bond donors (Lipinski definition) is 1. The number of hydrogen-bond acceptors (Lipinski definition) is 3. The molecule has 0 saturated carbocycles. The van der Waals surface area contributed by atoms with Crippen molar-refractivity contribution in [3.8, 4) is 5.75 Å². The van der Waals surface area contributed by atoms with Crippen LogP contribution >= 0.6 is 0 Å². The minimum Gasteiger partial charge on any atom is -0.497 e. The molecule has 0 aliphatic rings. The van der Waals surface area contributed by atoms with Gasteiger partial charge in [0.1, 0.15) is 11.6 Å². The van der Waals surface area contributed by atoms with E-state index in [9.17, 15) is 0 Å². The van der Waals surface area contributed by atoms with Crippen molar-refractivity contribution in [1.82, 2.24) is 4.90 Å². The molecule has 1 rings (SSSR count). The summed E-state index contributed by atoms with van der Waals surface area (Å²) >= 11 is 0. The van der Waals surface area contributed by atoms with Crippen molar-refractivity contribution in [3.63, 3.8) is 0 Å². The number of benzene rings is 1. The Kier molecular flexibility index (Phi) is 4.79. The number of rotatable bonds is 5. The van der Waals surface area contributed by atoms with Crippen LogP contribution in [-0.2, 0) is 0 Å². The van der Waals surface area contributed by atoms with E-state index in [1.165, 1.54) is 0 Å². The lowest BCUT2D eigenvalue weighted by Gasteiger charge is -2.07. The number of nitrogens with two attached hydrogens (primary N) is 1. The molecule has 16 heavy (non-hydrogen) atoms. The summed E-state index contributed by atoms with van der Waals surface area (Å²) in [4.78, 5) is 6.38. The van der Waals surface area contributed by atoms with Gasteiger partial charge in [0, 0.05) is 12.1 Å². The molecule has 0 aliphatic carbocycles. The molecule has 0 spiro atoms. The van der Waals surface area contributed by atoms with E-state index < -0.39 is 0 Å². The van der Waals surface area contributed by atoms with E-state index in [0.717, 1.165) is 17.9 Å². The molecule has 1 aromatic rings. The van der Waals surface area contributed by atoms with E-state index in [4.69, 9.17) is 10.5 Å². The van der Waals surface area contributed by atoms with Crippen molar-refractivity contribution in [2.24, 2.45) is 10.7 Å². The molecule has 0 bridgehead atoms. The Bertz CT molecular complexity index is 344. The lowest BCUT2D eigenvalue weighted by atomic mass is 10.2. The molecule has 0 aromatic heterocycles. The molecule has 2 N–H and O–H groups in total. The number of nitrogens with zero attached hydrogens (tertiary/aromatic N) is 2. The van der Waals surface area contributed by atoms with Gasteiger partial charge in [0.25, 0.3) is 0 Å². The molecular formula is C12H19N3O. The van der Waals surface area contributed by atoms with Gasteiger partial charge in [-0.2, -0.15) is 0 Å². The van der Waals surface area contributed by atoms with Gasteiger partial charge in [0.05, 0.1) is 13.7 Å². The third kappa shape index (κ3) is 3.90. The Hall–Kier alpha value is -1.55. The zero-order chi connectivity index (χ0) is 12.0. The van der Waals surface area contributed by atoms with Crippen molar-refractivity contribution < 1.29 is 4.74 Å². The first kappa shape index (κ1) is 12.5. The van der Waals surface area contributed by atoms with Gasteiger partial charge in [-0.05, 0) is 38.4 Å². The summed E-state index contributed by atoms with van der Waals surface area (Å²) in [5, 5.41) is 0. The Morgan fingerprint density at radius 1 is 1.31 bits per heavy atom. The molecule has 0 heterocycles. The second-order valence-corrected chi connectivity index (χ2v) is 3.80. The molecule has 4 nitrogen and oxygen atoms in total. The minimum absolute atomic E-state index is 0.574. The molecule has 0 saturated heterocycles. The highest BCUT2D eigenvalue weighted by molar-refractivity contribution is 5.97. The molecule has 4 heteroatoms. The number of aliphatic imine (C=N–C) groups is 1. The van der Waals surface area contributed by atoms with E-state index in [2.05, 4.69) is 9.89 Å². The molecule has 0 unspecified atom stereocenters. The summed E-state index contributed by atoms with van der Waals surface area (Å²) in [6.07, 6.45) is 0. The van der Waals surface area contributed by atoms with Gasteiger partial charge in [0.2, 0.25) is 0 Å². The first-order valence-electron chi connectivity index (χ1n) is 5.22. The predicted octanol–water partition coefficient (Wildman–Crippen LogP) is 0.962. The molecule has 0 atom stereocenters. The molecule has 0 fully saturated rings. The van der Waals surface area contributed by atoms with Crippen LogP contribution in [0.3, 0.4) is 0 Å². The van der Waals surface area contributed by atoms with Gasteiger partial charge in [-0.3, -0.25) is 4.99 Å². The number of likely N-dealkylation sites (N-methyl/N-ethyl adjacent to an activating group) is 1. The fraction of sp³-hybridized carbons (Fsp3) is 0.417. The van der Waals surface area contributed by atoms with Crippen molar-refractivity contribution in [2.45, 2.75) is 0 Å². The fourth-order valence-corrected chi connectivity index (χ4v) is 1.22. The minimum atomic E-state index is 0.574. The Morgan fingerprint density at radius 3 is 2.44 bits per heavy atom. The number of methoxy groups -OCH3 is 1. The highest BCUT2D eigenvalue weighted by atomic mass is 16.5. The molecule has 0 radical (unpaired) electrons. The maximum Gasteiger partial charge on any atom is 0.125 e. The Balaban J connectivity index is 2.61. The van der Waals surface area contributed by atoms with Crippen molar-refractivity contribution in [3.05, 3.63) is 29.8 Å². The predicted molar refractivity (Wildman–Crippen MR) is 67.1 cm³/mol. The summed E-state index contributed by atoms with van der Waals surface area (Å²) in [5.74, 6) is 1.40. The van der Waals surface area contributed by atoms with Crippen LogP contribution in [0, 0.1) is 0 Å². The first-order chi connectivity index (χ1) is 7.63. The summed E-state index contributed by atoms with van der Waals surface area (Å²) < 4.78 is 5.07. The van der Waals surface area contributed by atoms with E-state index in [1.54, 1.807) is 7.11 Å². The number of ether oxygens (including phenoxy) is 1. The quantitative estimate of drug-likeness (QED) is 0.595.